The van der Waals surface area contributed by atoms with E-state index in [1.807, 2.05) is 6.92 Å². The van der Waals surface area contributed by atoms with Crippen molar-refractivity contribution in [3.8, 4) is 0 Å². The standard InChI is InChI=1S/C10H20N2O2S/c1-2-9(11)6-15(14)7-10(13)12-5-8-3-4-8/h8-9H,2-7,11H2,1H3,(H,12,13). The number of carbonyl (C=O) groups is 1. The molecule has 1 aliphatic carbocycles. The molecule has 1 fully saturated rings. The van der Waals surface area contributed by atoms with Crippen molar-refractivity contribution in [1.82, 2.24) is 5.32 Å². The zero-order valence-corrected chi connectivity index (χ0v) is 10.0. The van der Waals surface area contributed by atoms with Crippen molar-refractivity contribution in [3.05, 3.63) is 0 Å². The van der Waals surface area contributed by atoms with Gasteiger partial charge < -0.3 is 11.1 Å². The van der Waals surface area contributed by atoms with Gasteiger partial charge in [0.2, 0.25) is 5.91 Å². The second-order valence-electron chi connectivity index (χ2n) is 4.17. The van der Waals surface area contributed by atoms with Crippen LogP contribution in [0.4, 0.5) is 0 Å². The lowest BCUT2D eigenvalue weighted by Gasteiger charge is -2.08. The van der Waals surface area contributed by atoms with Gasteiger partial charge in [-0.05, 0) is 25.2 Å². The molecule has 2 unspecified atom stereocenters. The van der Waals surface area contributed by atoms with E-state index < -0.39 is 10.8 Å². The molecule has 1 saturated carbocycles. The predicted octanol–water partition coefficient (Wildman–Crippen LogP) is -0.00140. The van der Waals surface area contributed by atoms with Crippen molar-refractivity contribution in [2.45, 2.75) is 32.2 Å². The summed E-state index contributed by atoms with van der Waals surface area (Å²) in [6.45, 7) is 2.70. The van der Waals surface area contributed by atoms with Crippen molar-refractivity contribution in [2.24, 2.45) is 11.7 Å². The molecule has 1 rings (SSSR count). The fraction of sp³-hybridized carbons (Fsp3) is 0.900. The highest BCUT2D eigenvalue weighted by Gasteiger charge is 2.22. The first-order valence-corrected chi connectivity index (χ1v) is 6.97. The Morgan fingerprint density at radius 3 is 2.80 bits per heavy atom. The third-order valence-corrected chi connectivity index (χ3v) is 3.89. The highest BCUT2D eigenvalue weighted by atomic mass is 32.2. The van der Waals surface area contributed by atoms with Gasteiger partial charge in [0.05, 0.1) is 0 Å². The number of rotatable bonds is 7. The summed E-state index contributed by atoms with van der Waals surface area (Å²) in [5, 5.41) is 2.79. The zero-order valence-electron chi connectivity index (χ0n) is 9.20. The van der Waals surface area contributed by atoms with E-state index in [0.29, 0.717) is 11.7 Å². The Balaban J connectivity index is 2.09. The molecule has 0 heterocycles. The maximum atomic E-state index is 11.5. The third-order valence-electron chi connectivity index (χ3n) is 2.50. The van der Waals surface area contributed by atoms with Gasteiger partial charge in [-0.2, -0.15) is 0 Å². The molecule has 2 atom stereocenters. The van der Waals surface area contributed by atoms with Crippen molar-refractivity contribution in [2.75, 3.05) is 18.1 Å². The predicted molar refractivity (Wildman–Crippen MR) is 61.9 cm³/mol. The molecule has 0 aromatic carbocycles. The Morgan fingerprint density at radius 2 is 2.27 bits per heavy atom. The summed E-state index contributed by atoms with van der Waals surface area (Å²) in [5.74, 6) is 1.08. The number of hydrogen-bond donors (Lipinski definition) is 2. The molecule has 0 radical (unpaired) electrons. The van der Waals surface area contributed by atoms with Crippen LogP contribution in [-0.4, -0.2) is 34.2 Å². The molecule has 1 amide bonds. The first-order chi connectivity index (χ1) is 7.11. The van der Waals surface area contributed by atoms with E-state index in [4.69, 9.17) is 5.73 Å². The zero-order chi connectivity index (χ0) is 11.3. The molecular weight excluding hydrogens is 212 g/mol. The maximum absolute atomic E-state index is 11.5. The normalized spacial score (nSPS) is 19.6. The van der Waals surface area contributed by atoms with Gasteiger partial charge in [0.1, 0.15) is 5.75 Å². The van der Waals surface area contributed by atoms with Crippen LogP contribution in [0.1, 0.15) is 26.2 Å². The van der Waals surface area contributed by atoms with Gasteiger partial charge in [-0.15, -0.1) is 0 Å². The molecule has 4 nitrogen and oxygen atoms in total. The fourth-order valence-electron chi connectivity index (χ4n) is 1.19. The molecule has 0 aromatic heterocycles. The fourth-order valence-corrected chi connectivity index (χ4v) is 2.42. The Hall–Kier alpha value is -0.420. The molecule has 0 bridgehead atoms. The van der Waals surface area contributed by atoms with Crippen LogP contribution in [0.3, 0.4) is 0 Å². The Labute approximate surface area is 93.4 Å². The van der Waals surface area contributed by atoms with E-state index in [1.54, 1.807) is 0 Å². The minimum absolute atomic E-state index is 0.0536. The first-order valence-electron chi connectivity index (χ1n) is 5.49. The minimum atomic E-state index is -1.11. The number of carbonyl (C=O) groups excluding carboxylic acids is 1. The Bertz CT molecular complexity index is 242. The molecule has 0 saturated heterocycles. The average Bonchev–Trinajstić information content (AvgIpc) is 2.97. The van der Waals surface area contributed by atoms with Crippen LogP contribution >= 0.6 is 0 Å². The second kappa shape index (κ2) is 6.23. The number of hydrogen-bond acceptors (Lipinski definition) is 3. The molecule has 5 heteroatoms. The van der Waals surface area contributed by atoms with Gasteiger partial charge in [0, 0.05) is 29.1 Å². The van der Waals surface area contributed by atoms with Gasteiger partial charge in [0.25, 0.3) is 0 Å². The molecule has 0 spiro atoms. The summed E-state index contributed by atoms with van der Waals surface area (Å²) in [4.78, 5) is 11.3. The van der Waals surface area contributed by atoms with E-state index in [9.17, 15) is 9.00 Å². The molecule has 0 aliphatic heterocycles. The minimum Gasteiger partial charge on any atom is -0.355 e. The topological polar surface area (TPSA) is 72.2 Å². The molecule has 0 aromatic rings. The van der Waals surface area contributed by atoms with E-state index in [-0.39, 0.29) is 17.7 Å². The highest BCUT2D eigenvalue weighted by molar-refractivity contribution is 7.85. The van der Waals surface area contributed by atoms with E-state index >= 15 is 0 Å². The highest BCUT2D eigenvalue weighted by Crippen LogP contribution is 2.27. The molecule has 3 N–H and O–H groups in total. The summed E-state index contributed by atoms with van der Waals surface area (Å²) in [6.07, 6.45) is 3.23. The first kappa shape index (κ1) is 12.6. The SMILES string of the molecule is CCC(N)CS(=O)CC(=O)NCC1CC1. The van der Waals surface area contributed by atoms with Crippen LogP contribution in [0.5, 0.6) is 0 Å². The monoisotopic (exact) mass is 232 g/mol. The van der Waals surface area contributed by atoms with Crippen LogP contribution in [0.25, 0.3) is 0 Å². The van der Waals surface area contributed by atoms with Crippen LogP contribution in [-0.2, 0) is 15.6 Å². The van der Waals surface area contributed by atoms with Crippen LogP contribution in [0.15, 0.2) is 0 Å². The molecule has 1 aliphatic rings. The van der Waals surface area contributed by atoms with E-state index in [0.717, 1.165) is 13.0 Å². The molecule has 88 valence electrons. The van der Waals surface area contributed by atoms with Gasteiger partial charge in [-0.25, -0.2) is 0 Å². The quantitative estimate of drug-likeness (QED) is 0.649. The maximum Gasteiger partial charge on any atom is 0.232 e. The molecular formula is C10H20N2O2S. The van der Waals surface area contributed by atoms with Gasteiger partial charge in [-0.3, -0.25) is 9.00 Å². The van der Waals surface area contributed by atoms with Crippen LogP contribution in [0, 0.1) is 5.92 Å². The number of nitrogens with two attached hydrogens (primary N) is 1. The Morgan fingerprint density at radius 1 is 1.60 bits per heavy atom. The van der Waals surface area contributed by atoms with Crippen molar-refractivity contribution in [1.29, 1.82) is 0 Å². The second-order valence-corrected chi connectivity index (χ2v) is 5.67. The summed E-state index contributed by atoms with van der Waals surface area (Å²) in [5.41, 5.74) is 5.66. The summed E-state index contributed by atoms with van der Waals surface area (Å²) in [7, 11) is -1.11. The average molecular weight is 232 g/mol. The summed E-state index contributed by atoms with van der Waals surface area (Å²) < 4.78 is 11.5. The third kappa shape index (κ3) is 5.89. The number of amides is 1. The smallest absolute Gasteiger partial charge is 0.232 e. The van der Waals surface area contributed by atoms with Gasteiger partial charge >= 0.3 is 0 Å². The number of nitrogens with one attached hydrogen (secondary N) is 1. The lowest BCUT2D eigenvalue weighted by molar-refractivity contribution is -0.118. The van der Waals surface area contributed by atoms with E-state index in [1.165, 1.54) is 12.8 Å². The van der Waals surface area contributed by atoms with Gasteiger partial charge in [0.15, 0.2) is 0 Å². The van der Waals surface area contributed by atoms with Crippen LogP contribution < -0.4 is 11.1 Å². The van der Waals surface area contributed by atoms with Crippen molar-refractivity contribution >= 4 is 16.7 Å². The van der Waals surface area contributed by atoms with Crippen molar-refractivity contribution < 1.29 is 9.00 Å². The van der Waals surface area contributed by atoms with E-state index in [2.05, 4.69) is 5.32 Å². The van der Waals surface area contributed by atoms with Crippen molar-refractivity contribution in [3.63, 3.8) is 0 Å². The largest absolute Gasteiger partial charge is 0.355 e. The van der Waals surface area contributed by atoms with Crippen LogP contribution in [0.2, 0.25) is 0 Å². The lowest BCUT2D eigenvalue weighted by Crippen LogP contribution is -2.34. The Kier molecular flexibility index (Phi) is 5.25. The lowest BCUT2D eigenvalue weighted by atomic mass is 10.3. The molecule has 15 heavy (non-hydrogen) atoms. The van der Waals surface area contributed by atoms with Gasteiger partial charge in [-0.1, -0.05) is 6.92 Å². The summed E-state index contributed by atoms with van der Waals surface area (Å²) in [6, 6.07) is -0.0536. The summed E-state index contributed by atoms with van der Waals surface area (Å²) >= 11 is 0.